The first kappa shape index (κ1) is 43.3. The quantitative estimate of drug-likeness (QED) is 0.120. The summed E-state index contributed by atoms with van der Waals surface area (Å²) in [5.74, 6) is -3.60. The van der Waals surface area contributed by atoms with E-state index in [0.29, 0.717) is 12.8 Å². The molecule has 5 N–H and O–H groups in total. The molecule has 0 saturated heterocycles. The highest BCUT2D eigenvalue weighted by Gasteiger charge is 2.40. The van der Waals surface area contributed by atoms with Crippen molar-refractivity contribution in [2.75, 3.05) is 27.7 Å². The molecule has 0 aliphatic carbocycles. The number of carboxylic acids is 1. The predicted octanol–water partition coefficient (Wildman–Crippen LogP) is 2.84. The first-order valence-electron chi connectivity index (χ1n) is 17.0. The van der Waals surface area contributed by atoms with Gasteiger partial charge in [-0.25, -0.2) is 4.79 Å². The monoisotopic (exact) mass is 693 g/mol. The number of nitrogens with one attached hydrogen (secondary N) is 2. The lowest BCUT2D eigenvalue weighted by Crippen LogP contribution is -2.60. The fraction of sp³-hybridized carbons (Fsp3) is 0.686. The van der Waals surface area contributed by atoms with Gasteiger partial charge in [0.1, 0.15) is 18.1 Å². The molecule has 1 rings (SSSR count). The lowest BCUT2D eigenvalue weighted by Gasteiger charge is -2.41. The number of rotatable bonds is 21. The van der Waals surface area contributed by atoms with Crippen molar-refractivity contribution in [1.29, 1.82) is 0 Å². The molecule has 1 aromatic rings. The van der Waals surface area contributed by atoms with Gasteiger partial charge in [-0.1, -0.05) is 85.2 Å². The molecular formula is C35H59N5O9. The van der Waals surface area contributed by atoms with Gasteiger partial charge in [0.15, 0.2) is 6.35 Å². The number of benzene rings is 1. The van der Waals surface area contributed by atoms with Crippen LogP contribution in [-0.4, -0.2) is 124 Å². The summed E-state index contributed by atoms with van der Waals surface area (Å²) in [6.45, 7) is 12.8. The molecule has 3 unspecified atom stereocenters. The predicted molar refractivity (Wildman–Crippen MR) is 185 cm³/mol. The number of amides is 4. The van der Waals surface area contributed by atoms with E-state index in [2.05, 4.69) is 10.6 Å². The van der Waals surface area contributed by atoms with Crippen LogP contribution in [0.2, 0.25) is 0 Å². The van der Waals surface area contributed by atoms with Crippen LogP contribution in [0.5, 0.6) is 0 Å². The lowest BCUT2D eigenvalue weighted by atomic mass is 9.89. The summed E-state index contributed by atoms with van der Waals surface area (Å²) in [4.78, 5) is 68.5. The lowest BCUT2D eigenvalue weighted by molar-refractivity contribution is -0.154. The van der Waals surface area contributed by atoms with Crippen LogP contribution in [0.4, 0.5) is 4.79 Å². The smallest absolute Gasteiger partial charge is 0.407 e. The second kappa shape index (κ2) is 20.7. The number of hydrogen-bond acceptors (Lipinski definition) is 8. The van der Waals surface area contributed by atoms with Gasteiger partial charge in [-0.2, -0.15) is 0 Å². The number of aliphatic carboxylic acids is 1. The van der Waals surface area contributed by atoms with Crippen LogP contribution in [0.25, 0.3) is 0 Å². The van der Waals surface area contributed by atoms with E-state index in [9.17, 15) is 39.3 Å². The van der Waals surface area contributed by atoms with Crippen molar-refractivity contribution in [3.05, 3.63) is 35.9 Å². The molecular weight excluding hydrogens is 634 g/mol. The van der Waals surface area contributed by atoms with Crippen LogP contribution in [0.3, 0.4) is 0 Å². The number of aliphatic hydroxyl groups excluding tert-OH is 1. The highest BCUT2D eigenvalue weighted by molar-refractivity contribution is 5.91. The minimum absolute atomic E-state index is 0.0865. The van der Waals surface area contributed by atoms with Crippen molar-refractivity contribution in [3.63, 3.8) is 0 Å². The molecule has 1 aromatic carbocycles. The van der Waals surface area contributed by atoms with E-state index in [4.69, 9.17) is 4.74 Å². The Morgan fingerprint density at radius 3 is 1.94 bits per heavy atom. The van der Waals surface area contributed by atoms with Crippen LogP contribution in [0.15, 0.2) is 30.3 Å². The Kier molecular flexibility index (Phi) is 18.3. The van der Waals surface area contributed by atoms with E-state index in [1.165, 1.54) is 24.0 Å². The first-order chi connectivity index (χ1) is 22.9. The van der Waals surface area contributed by atoms with Crippen LogP contribution in [0, 0.1) is 17.8 Å². The van der Waals surface area contributed by atoms with E-state index in [1.54, 1.807) is 59.0 Å². The number of methoxy groups -OCH3 is 1. The molecule has 0 aromatic heterocycles. The maximum absolute atomic E-state index is 14.1. The molecule has 278 valence electrons. The van der Waals surface area contributed by atoms with Crippen molar-refractivity contribution in [3.8, 4) is 0 Å². The van der Waals surface area contributed by atoms with Crippen molar-refractivity contribution in [2.45, 2.75) is 111 Å². The Morgan fingerprint density at radius 1 is 0.898 bits per heavy atom. The molecule has 14 heteroatoms. The summed E-state index contributed by atoms with van der Waals surface area (Å²) in [6.07, 6.45) is -2.73. The number of nitrogens with zero attached hydrogens (tertiary/aromatic N) is 3. The average molecular weight is 694 g/mol. The maximum atomic E-state index is 14.1. The summed E-state index contributed by atoms with van der Waals surface area (Å²) < 4.78 is 5.84. The fourth-order valence-electron chi connectivity index (χ4n) is 6.00. The van der Waals surface area contributed by atoms with Crippen molar-refractivity contribution >= 4 is 29.8 Å². The summed E-state index contributed by atoms with van der Waals surface area (Å²) in [5, 5.41) is 35.9. The maximum Gasteiger partial charge on any atom is 0.407 e. The summed E-state index contributed by atoms with van der Waals surface area (Å²) in [7, 11) is 4.33. The first-order valence-corrected chi connectivity index (χ1v) is 17.0. The van der Waals surface area contributed by atoms with E-state index in [0.717, 1.165) is 10.5 Å². The topological polar surface area (TPSA) is 189 Å². The van der Waals surface area contributed by atoms with Gasteiger partial charge in [0, 0.05) is 27.7 Å². The summed E-state index contributed by atoms with van der Waals surface area (Å²) >= 11 is 0. The molecule has 14 nitrogen and oxygen atoms in total. The van der Waals surface area contributed by atoms with Crippen LogP contribution in [0.1, 0.15) is 73.3 Å². The number of likely N-dealkylation sites (N-methyl/N-ethyl adjacent to an activating group) is 2. The van der Waals surface area contributed by atoms with Gasteiger partial charge in [-0.3, -0.25) is 29.4 Å². The zero-order valence-electron chi connectivity index (χ0n) is 30.8. The van der Waals surface area contributed by atoms with Crippen LogP contribution < -0.4 is 10.6 Å². The van der Waals surface area contributed by atoms with Crippen molar-refractivity contribution in [2.24, 2.45) is 17.8 Å². The normalized spacial score (nSPS) is 15.8. The van der Waals surface area contributed by atoms with E-state index in [-0.39, 0.29) is 37.1 Å². The molecule has 4 amide bonds. The average Bonchev–Trinajstić information content (AvgIpc) is 3.04. The number of carbonyl (C=O) groups is 5. The van der Waals surface area contributed by atoms with Gasteiger partial charge in [0.25, 0.3) is 0 Å². The summed E-state index contributed by atoms with van der Waals surface area (Å²) in [5.41, 5.74) is 0.746. The molecule has 0 saturated carbocycles. The fourth-order valence-corrected chi connectivity index (χ4v) is 6.00. The number of aliphatic hydroxyl groups is 1. The van der Waals surface area contributed by atoms with Crippen molar-refractivity contribution in [1.82, 2.24) is 25.3 Å². The molecule has 49 heavy (non-hydrogen) atoms. The Labute approximate surface area is 291 Å². The number of carbonyl (C=O) groups excluding carboxylic acids is 3. The Balaban J connectivity index is 3.31. The molecule has 7 atom stereocenters. The van der Waals surface area contributed by atoms with Gasteiger partial charge in [-0.15, -0.1) is 0 Å². The molecule has 0 bridgehead atoms. The van der Waals surface area contributed by atoms with E-state index < -0.39 is 66.4 Å². The third kappa shape index (κ3) is 12.6. The molecule has 0 aliphatic heterocycles. The van der Waals surface area contributed by atoms with Gasteiger partial charge >= 0.3 is 12.1 Å². The standard InChI is InChI=1S/C35H59N5O9/c1-11-18-40(34(46)36-25(33(44)45)19-24-16-14-13-15-17-24)27(41)20-26(49-10)30(23(7)12-2)38(8)32(43)28(21(3)4)37-31(42)29(22(5)6)39(9)35(47)48/h13-17,21-23,25-26,28-30,34,36,46H,11-12,18-20H2,1-10H3,(H,37,42)(H,44,45)(H,47,48)/t23?,25?,26-,28+,29+,30+,34?/m0/s1. The summed E-state index contributed by atoms with van der Waals surface area (Å²) in [6, 6.07) is 5.12. The molecule has 0 heterocycles. The highest BCUT2D eigenvalue weighted by Crippen LogP contribution is 2.24. The second-order valence-electron chi connectivity index (χ2n) is 13.3. The van der Waals surface area contributed by atoms with Crippen LogP contribution >= 0.6 is 0 Å². The largest absolute Gasteiger partial charge is 0.480 e. The molecule has 0 aliphatic rings. The van der Waals surface area contributed by atoms with E-state index >= 15 is 0 Å². The zero-order chi connectivity index (χ0) is 37.6. The van der Waals surface area contributed by atoms with E-state index in [1.807, 2.05) is 26.8 Å². The molecule has 0 radical (unpaired) electrons. The van der Waals surface area contributed by atoms with Crippen molar-refractivity contribution < 1.29 is 44.0 Å². The van der Waals surface area contributed by atoms with Gasteiger partial charge in [-0.05, 0) is 36.2 Å². The Morgan fingerprint density at radius 2 is 1.49 bits per heavy atom. The van der Waals surface area contributed by atoms with Crippen LogP contribution in [-0.2, 0) is 30.3 Å². The minimum Gasteiger partial charge on any atom is -0.480 e. The molecule has 0 fully saturated rings. The SMILES string of the molecule is CCCN(C(=O)C[C@H](OC)[C@@H](C(C)CC)N(C)C(=O)[C@H](NC(=O)[C@@H](C(C)C)N(C)C(=O)O)C(C)C)C(O)NC(Cc1ccccc1)C(=O)O. The number of hydrogen-bond donors (Lipinski definition) is 5. The molecule has 0 spiro atoms. The number of ether oxygens (including phenoxy) is 1. The third-order valence-electron chi connectivity index (χ3n) is 8.94. The van der Waals surface area contributed by atoms with Gasteiger partial charge in [0.2, 0.25) is 17.7 Å². The Bertz CT molecular complexity index is 1220. The third-order valence-corrected chi connectivity index (χ3v) is 8.94. The highest BCUT2D eigenvalue weighted by atomic mass is 16.5. The van der Waals surface area contributed by atoms with Gasteiger partial charge < -0.3 is 35.2 Å². The number of carboxylic acid groups (broad SMARTS) is 2. The Hall–Kier alpha value is -3.75. The zero-order valence-corrected chi connectivity index (χ0v) is 30.8. The van der Waals surface area contributed by atoms with Gasteiger partial charge in [0.05, 0.1) is 18.6 Å². The second-order valence-corrected chi connectivity index (χ2v) is 13.3. The minimum atomic E-state index is -1.60.